The van der Waals surface area contributed by atoms with Crippen LogP contribution in [0.25, 0.3) is 5.57 Å². The molecule has 0 fully saturated rings. The van der Waals surface area contributed by atoms with Crippen molar-refractivity contribution in [2.75, 3.05) is 20.3 Å². The maximum Gasteiger partial charge on any atom is 0.296 e. The Labute approximate surface area is 102 Å². The third kappa shape index (κ3) is 1.96. The summed E-state index contributed by atoms with van der Waals surface area (Å²) in [6, 6.07) is 3.46. The first-order valence-corrected chi connectivity index (χ1v) is 5.87. The summed E-state index contributed by atoms with van der Waals surface area (Å²) in [4.78, 5) is 25.2. The van der Waals surface area contributed by atoms with Crippen LogP contribution in [0.4, 0.5) is 0 Å². The zero-order valence-electron chi connectivity index (χ0n) is 9.17. The van der Waals surface area contributed by atoms with Gasteiger partial charge >= 0.3 is 0 Å². The van der Waals surface area contributed by atoms with E-state index in [1.54, 1.807) is 17.5 Å². The quantitative estimate of drug-likeness (QED) is 0.814. The lowest BCUT2D eigenvalue weighted by molar-refractivity contribution is -0.138. The molecule has 2 heterocycles. The molecule has 1 aliphatic heterocycles. The van der Waals surface area contributed by atoms with Crippen molar-refractivity contribution in [1.82, 2.24) is 4.90 Å². The van der Waals surface area contributed by atoms with Gasteiger partial charge in [-0.25, -0.2) is 0 Å². The summed E-state index contributed by atoms with van der Waals surface area (Å²) < 4.78 is 4.82. The van der Waals surface area contributed by atoms with Crippen molar-refractivity contribution in [3.63, 3.8) is 0 Å². The number of hydrogen-bond donors (Lipinski definition) is 1. The summed E-state index contributed by atoms with van der Waals surface area (Å²) in [5, 5.41) is 11.5. The van der Waals surface area contributed by atoms with Gasteiger partial charge in [0.05, 0.1) is 13.2 Å². The zero-order valence-corrected chi connectivity index (χ0v) is 9.99. The van der Waals surface area contributed by atoms with E-state index in [0.717, 1.165) is 4.90 Å². The summed E-state index contributed by atoms with van der Waals surface area (Å²) in [5.41, 5.74) is 0.0844. The molecule has 1 aromatic rings. The Bertz CT molecular complexity index is 478. The second-order valence-corrected chi connectivity index (χ2v) is 4.40. The molecule has 2 rings (SSSR count). The van der Waals surface area contributed by atoms with Gasteiger partial charge in [0.2, 0.25) is 0 Å². The molecule has 0 aromatic carbocycles. The largest absolute Gasteiger partial charge is 0.502 e. The topological polar surface area (TPSA) is 66.8 Å². The number of methoxy groups -OCH3 is 1. The van der Waals surface area contributed by atoms with Crippen molar-refractivity contribution in [3.05, 3.63) is 28.1 Å². The van der Waals surface area contributed by atoms with Gasteiger partial charge in [-0.15, -0.1) is 11.3 Å². The highest BCUT2D eigenvalue weighted by atomic mass is 32.1. The van der Waals surface area contributed by atoms with Crippen molar-refractivity contribution in [1.29, 1.82) is 0 Å². The van der Waals surface area contributed by atoms with E-state index in [1.165, 1.54) is 18.4 Å². The van der Waals surface area contributed by atoms with E-state index < -0.39 is 17.6 Å². The summed E-state index contributed by atoms with van der Waals surface area (Å²) in [6.45, 7) is 0.398. The molecule has 0 radical (unpaired) electrons. The normalized spacial score (nSPS) is 16.2. The molecule has 2 amide bonds. The summed E-state index contributed by atoms with van der Waals surface area (Å²) in [6.07, 6.45) is 0. The third-order valence-electron chi connectivity index (χ3n) is 2.43. The fraction of sp³-hybridized carbons (Fsp3) is 0.273. The van der Waals surface area contributed by atoms with E-state index in [0.29, 0.717) is 4.88 Å². The highest BCUT2D eigenvalue weighted by Gasteiger charge is 2.39. The van der Waals surface area contributed by atoms with Crippen LogP contribution in [0.1, 0.15) is 4.88 Å². The van der Waals surface area contributed by atoms with E-state index in [1.807, 2.05) is 0 Å². The van der Waals surface area contributed by atoms with Crippen LogP contribution in [0, 0.1) is 0 Å². The molecule has 5 nitrogen and oxygen atoms in total. The van der Waals surface area contributed by atoms with Crippen LogP contribution in [-0.4, -0.2) is 42.1 Å². The lowest BCUT2D eigenvalue weighted by Gasteiger charge is -2.12. The Morgan fingerprint density at radius 2 is 2.18 bits per heavy atom. The number of carbonyl (C=O) groups excluding carboxylic acids is 2. The van der Waals surface area contributed by atoms with Crippen molar-refractivity contribution in [2.24, 2.45) is 0 Å². The molecule has 90 valence electrons. The summed E-state index contributed by atoms with van der Waals surface area (Å²) in [5.74, 6) is -1.60. The molecule has 0 saturated carbocycles. The van der Waals surface area contributed by atoms with Gasteiger partial charge in [-0.2, -0.15) is 0 Å². The number of thiophene rings is 1. The van der Waals surface area contributed by atoms with E-state index in [4.69, 9.17) is 4.74 Å². The van der Waals surface area contributed by atoms with Crippen molar-refractivity contribution < 1.29 is 19.4 Å². The molecule has 0 aliphatic carbocycles. The lowest BCUT2D eigenvalue weighted by Crippen LogP contribution is -2.34. The number of ether oxygens (including phenoxy) is 1. The average Bonchev–Trinajstić information content (AvgIpc) is 2.88. The number of nitrogens with zero attached hydrogens (tertiary/aromatic N) is 1. The highest BCUT2D eigenvalue weighted by molar-refractivity contribution is 7.11. The second-order valence-electron chi connectivity index (χ2n) is 3.46. The van der Waals surface area contributed by atoms with Gasteiger partial charge in [0.15, 0.2) is 5.76 Å². The van der Waals surface area contributed by atoms with Gasteiger partial charge in [-0.3, -0.25) is 14.5 Å². The minimum absolute atomic E-state index is 0.0844. The molecule has 6 heteroatoms. The molecule has 17 heavy (non-hydrogen) atoms. The van der Waals surface area contributed by atoms with E-state index in [2.05, 4.69) is 0 Å². The molecule has 0 unspecified atom stereocenters. The molecular weight excluding hydrogens is 242 g/mol. The minimum atomic E-state index is -0.657. The molecule has 1 N–H and O–H groups in total. The lowest BCUT2D eigenvalue weighted by atomic mass is 10.2. The Hall–Kier alpha value is -1.66. The number of aliphatic hydroxyl groups is 1. The van der Waals surface area contributed by atoms with Crippen LogP contribution in [0.2, 0.25) is 0 Å². The maximum atomic E-state index is 12.0. The number of aliphatic hydroxyl groups excluding tert-OH is 1. The average molecular weight is 253 g/mol. The van der Waals surface area contributed by atoms with Crippen LogP contribution < -0.4 is 0 Å². The first kappa shape index (κ1) is 11.8. The van der Waals surface area contributed by atoms with Gasteiger partial charge in [0, 0.05) is 12.0 Å². The molecular formula is C11H11NO4S. The van der Waals surface area contributed by atoms with Crippen LogP contribution in [-0.2, 0) is 14.3 Å². The number of amides is 2. The van der Waals surface area contributed by atoms with E-state index in [9.17, 15) is 14.7 Å². The van der Waals surface area contributed by atoms with Crippen molar-refractivity contribution in [2.45, 2.75) is 0 Å². The first-order chi connectivity index (χ1) is 8.16. The van der Waals surface area contributed by atoms with Crippen LogP contribution in [0.3, 0.4) is 0 Å². The number of hydrogen-bond acceptors (Lipinski definition) is 5. The van der Waals surface area contributed by atoms with E-state index in [-0.39, 0.29) is 18.7 Å². The summed E-state index contributed by atoms with van der Waals surface area (Å²) in [7, 11) is 1.48. The van der Waals surface area contributed by atoms with Crippen molar-refractivity contribution in [3.8, 4) is 0 Å². The minimum Gasteiger partial charge on any atom is -0.502 e. The SMILES string of the molecule is COCCN1C(=O)C(O)=C(c2cccs2)C1=O. The van der Waals surface area contributed by atoms with Crippen molar-refractivity contribution >= 4 is 28.7 Å². The van der Waals surface area contributed by atoms with Crippen LogP contribution >= 0.6 is 11.3 Å². The third-order valence-corrected chi connectivity index (χ3v) is 3.32. The number of rotatable bonds is 4. The monoisotopic (exact) mass is 253 g/mol. The zero-order chi connectivity index (χ0) is 12.4. The Kier molecular flexibility index (Phi) is 3.26. The molecule has 0 bridgehead atoms. The Balaban J connectivity index is 2.29. The van der Waals surface area contributed by atoms with Gasteiger partial charge < -0.3 is 9.84 Å². The van der Waals surface area contributed by atoms with Gasteiger partial charge in [0.25, 0.3) is 11.8 Å². The predicted octanol–water partition coefficient (Wildman–Crippen LogP) is 1.03. The van der Waals surface area contributed by atoms with Crippen LogP contribution in [0.5, 0.6) is 0 Å². The van der Waals surface area contributed by atoms with Gasteiger partial charge in [-0.05, 0) is 11.4 Å². The Morgan fingerprint density at radius 3 is 2.76 bits per heavy atom. The highest BCUT2D eigenvalue weighted by Crippen LogP contribution is 2.30. The van der Waals surface area contributed by atoms with E-state index >= 15 is 0 Å². The summed E-state index contributed by atoms with van der Waals surface area (Å²) >= 11 is 1.31. The fourth-order valence-electron chi connectivity index (χ4n) is 1.59. The van der Waals surface area contributed by atoms with Gasteiger partial charge in [-0.1, -0.05) is 6.07 Å². The molecule has 1 aliphatic rings. The second kappa shape index (κ2) is 4.68. The smallest absolute Gasteiger partial charge is 0.296 e. The van der Waals surface area contributed by atoms with Crippen LogP contribution in [0.15, 0.2) is 23.3 Å². The number of carbonyl (C=O) groups is 2. The predicted molar refractivity (Wildman–Crippen MR) is 62.5 cm³/mol. The molecule has 0 atom stereocenters. The molecule has 0 saturated heterocycles. The standard InChI is InChI=1S/C11H11NO4S/c1-16-5-4-12-10(14)8(9(13)11(12)15)7-3-2-6-17-7/h2-3,6,13H,4-5H2,1H3. The molecule has 1 aromatic heterocycles. The fourth-order valence-corrected chi connectivity index (χ4v) is 2.35. The number of imide groups is 1. The first-order valence-electron chi connectivity index (χ1n) is 4.99. The Morgan fingerprint density at radius 1 is 1.41 bits per heavy atom. The molecule has 0 spiro atoms. The maximum absolute atomic E-state index is 12.0. The van der Waals surface area contributed by atoms with Gasteiger partial charge in [0.1, 0.15) is 5.57 Å².